The minimum Gasteiger partial charge on any atom is -0.490 e. The Labute approximate surface area is 169 Å². The van der Waals surface area contributed by atoms with Crippen LogP contribution in [0.2, 0.25) is 0 Å². The summed E-state index contributed by atoms with van der Waals surface area (Å²) in [4.78, 5) is 16.5. The molecule has 4 nitrogen and oxygen atoms in total. The number of benzene rings is 2. The standard InChI is InChI=1S/C23H22N2O2S/c1-2-14-27-19-9-7-17(8-10-19)23(26)24-20-5-3-4-6-21(20)25-13-11-22-18(16-25)12-15-28-22/h2-10,12,15H,1,11,13-14,16H2,(H,24,26). The molecule has 1 amide bonds. The van der Waals surface area contributed by atoms with Gasteiger partial charge in [0.25, 0.3) is 5.91 Å². The lowest BCUT2D eigenvalue weighted by molar-refractivity contribution is 0.102. The van der Waals surface area contributed by atoms with Crippen molar-refractivity contribution in [3.63, 3.8) is 0 Å². The number of amides is 1. The third-order valence-corrected chi connectivity index (χ3v) is 5.81. The van der Waals surface area contributed by atoms with Crippen molar-refractivity contribution in [3.8, 4) is 5.75 Å². The Morgan fingerprint density at radius 1 is 1.18 bits per heavy atom. The molecule has 1 aliphatic rings. The number of para-hydroxylation sites is 2. The van der Waals surface area contributed by atoms with Gasteiger partial charge in [0.2, 0.25) is 0 Å². The van der Waals surface area contributed by atoms with Crippen LogP contribution >= 0.6 is 11.3 Å². The molecule has 142 valence electrons. The van der Waals surface area contributed by atoms with Crippen LogP contribution in [0.15, 0.2) is 72.6 Å². The van der Waals surface area contributed by atoms with E-state index in [1.54, 1.807) is 30.3 Å². The van der Waals surface area contributed by atoms with Gasteiger partial charge in [0.05, 0.1) is 11.4 Å². The molecule has 1 aromatic heterocycles. The van der Waals surface area contributed by atoms with E-state index in [9.17, 15) is 4.79 Å². The number of nitrogens with zero attached hydrogens (tertiary/aromatic N) is 1. The number of thiophene rings is 1. The summed E-state index contributed by atoms with van der Waals surface area (Å²) in [5.74, 6) is 0.590. The molecule has 0 fully saturated rings. The highest BCUT2D eigenvalue weighted by atomic mass is 32.1. The smallest absolute Gasteiger partial charge is 0.255 e. The van der Waals surface area contributed by atoms with E-state index in [1.165, 1.54) is 10.4 Å². The van der Waals surface area contributed by atoms with Gasteiger partial charge < -0.3 is 15.0 Å². The monoisotopic (exact) mass is 390 g/mol. The summed E-state index contributed by atoms with van der Waals surface area (Å²) >= 11 is 1.83. The lowest BCUT2D eigenvalue weighted by Gasteiger charge is -2.30. The molecule has 2 heterocycles. The van der Waals surface area contributed by atoms with Gasteiger partial charge in [0.1, 0.15) is 12.4 Å². The average Bonchev–Trinajstić information content (AvgIpc) is 3.21. The van der Waals surface area contributed by atoms with E-state index in [1.807, 2.05) is 29.5 Å². The van der Waals surface area contributed by atoms with Crippen molar-refractivity contribution >= 4 is 28.6 Å². The summed E-state index contributed by atoms with van der Waals surface area (Å²) in [7, 11) is 0. The SMILES string of the molecule is C=CCOc1ccc(C(=O)Nc2ccccc2N2CCc3sccc3C2)cc1. The van der Waals surface area contributed by atoms with Crippen LogP contribution in [-0.4, -0.2) is 19.1 Å². The number of carbonyl (C=O) groups is 1. The van der Waals surface area contributed by atoms with E-state index < -0.39 is 0 Å². The molecule has 5 heteroatoms. The maximum absolute atomic E-state index is 12.7. The van der Waals surface area contributed by atoms with Crippen LogP contribution in [0.1, 0.15) is 20.8 Å². The van der Waals surface area contributed by atoms with E-state index in [0.29, 0.717) is 12.2 Å². The van der Waals surface area contributed by atoms with Crippen LogP contribution in [0.25, 0.3) is 0 Å². The lowest BCUT2D eigenvalue weighted by atomic mass is 10.1. The van der Waals surface area contributed by atoms with Crippen molar-refractivity contribution < 1.29 is 9.53 Å². The van der Waals surface area contributed by atoms with Gasteiger partial charge in [-0.1, -0.05) is 24.8 Å². The molecule has 0 unspecified atom stereocenters. The van der Waals surface area contributed by atoms with Crippen molar-refractivity contribution in [2.24, 2.45) is 0 Å². The van der Waals surface area contributed by atoms with E-state index in [-0.39, 0.29) is 5.91 Å². The molecular formula is C23H22N2O2S. The molecule has 28 heavy (non-hydrogen) atoms. The van der Waals surface area contributed by atoms with Crippen LogP contribution in [0.5, 0.6) is 5.75 Å². The molecule has 4 rings (SSSR count). The summed E-state index contributed by atoms with van der Waals surface area (Å²) < 4.78 is 5.47. The number of carbonyl (C=O) groups excluding carboxylic acids is 1. The summed E-state index contributed by atoms with van der Waals surface area (Å²) in [5.41, 5.74) is 3.86. The topological polar surface area (TPSA) is 41.6 Å². The van der Waals surface area contributed by atoms with Crippen LogP contribution in [0.3, 0.4) is 0 Å². The second-order valence-corrected chi connectivity index (χ2v) is 7.64. The van der Waals surface area contributed by atoms with E-state index in [0.717, 1.165) is 36.6 Å². The van der Waals surface area contributed by atoms with E-state index in [4.69, 9.17) is 4.74 Å². The number of anilines is 2. The maximum Gasteiger partial charge on any atom is 0.255 e. The van der Waals surface area contributed by atoms with E-state index in [2.05, 4.69) is 34.3 Å². The molecule has 0 atom stereocenters. The zero-order chi connectivity index (χ0) is 19.3. The Morgan fingerprint density at radius 2 is 2.00 bits per heavy atom. The Hall–Kier alpha value is -3.05. The van der Waals surface area contributed by atoms with Crippen molar-refractivity contribution in [3.05, 3.63) is 88.6 Å². The zero-order valence-electron chi connectivity index (χ0n) is 15.6. The Morgan fingerprint density at radius 3 is 2.82 bits per heavy atom. The van der Waals surface area contributed by atoms with Crippen LogP contribution in [0.4, 0.5) is 11.4 Å². The highest BCUT2D eigenvalue weighted by Gasteiger charge is 2.20. The number of ether oxygens (including phenoxy) is 1. The Kier molecular flexibility index (Phi) is 5.44. The Balaban J connectivity index is 1.49. The molecule has 3 aromatic rings. The molecule has 1 N–H and O–H groups in total. The van der Waals surface area contributed by atoms with Gasteiger partial charge in [-0.15, -0.1) is 11.3 Å². The predicted octanol–water partition coefficient (Wildman–Crippen LogP) is 5.13. The number of rotatable bonds is 6. The molecule has 1 aliphatic heterocycles. The number of fused-ring (bicyclic) bond motifs is 1. The largest absolute Gasteiger partial charge is 0.490 e. The summed E-state index contributed by atoms with van der Waals surface area (Å²) in [5, 5.41) is 5.23. The third-order valence-electron chi connectivity index (χ3n) is 4.78. The van der Waals surface area contributed by atoms with Crippen molar-refractivity contribution in [1.82, 2.24) is 0 Å². The van der Waals surface area contributed by atoms with Gasteiger partial charge in [-0.2, -0.15) is 0 Å². The van der Waals surface area contributed by atoms with Crippen molar-refractivity contribution in [1.29, 1.82) is 0 Å². The number of hydrogen-bond acceptors (Lipinski definition) is 4. The first-order chi connectivity index (χ1) is 13.7. The first-order valence-electron chi connectivity index (χ1n) is 9.29. The van der Waals surface area contributed by atoms with Crippen molar-refractivity contribution in [2.45, 2.75) is 13.0 Å². The first-order valence-corrected chi connectivity index (χ1v) is 10.2. The Bertz CT molecular complexity index is 978. The minimum absolute atomic E-state index is 0.129. The lowest BCUT2D eigenvalue weighted by Crippen LogP contribution is -2.30. The second kappa shape index (κ2) is 8.31. The number of hydrogen-bond donors (Lipinski definition) is 1. The van der Waals surface area contributed by atoms with Crippen LogP contribution < -0.4 is 15.0 Å². The molecule has 0 aliphatic carbocycles. The van der Waals surface area contributed by atoms with Gasteiger partial charge >= 0.3 is 0 Å². The minimum atomic E-state index is -0.129. The van der Waals surface area contributed by atoms with Gasteiger partial charge in [-0.3, -0.25) is 4.79 Å². The molecule has 0 bridgehead atoms. The highest BCUT2D eigenvalue weighted by Crippen LogP contribution is 2.32. The third kappa shape index (κ3) is 3.94. The molecule has 0 saturated heterocycles. The summed E-state index contributed by atoms with van der Waals surface area (Å²) in [6.07, 6.45) is 2.73. The zero-order valence-corrected chi connectivity index (χ0v) is 16.4. The summed E-state index contributed by atoms with van der Waals surface area (Å²) in [6.45, 7) is 5.91. The van der Waals surface area contributed by atoms with Gasteiger partial charge in [-0.25, -0.2) is 0 Å². The van der Waals surface area contributed by atoms with Crippen molar-refractivity contribution in [2.75, 3.05) is 23.4 Å². The molecule has 0 radical (unpaired) electrons. The summed E-state index contributed by atoms with van der Waals surface area (Å²) in [6, 6.07) is 17.3. The van der Waals surface area contributed by atoms with Crippen LogP contribution in [0, 0.1) is 0 Å². The van der Waals surface area contributed by atoms with Gasteiger partial charge in [-0.05, 0) is 59.8 Å². The fourth-order valence-corrected chi connectivity index (χ4v) is 4.25. The average molecular weight is 391 g/mol. The van der Waals surface area contributed by atoms with Gasteiger partial charge in [0.15, 0.2) is 0 Å². The quantitative estimate of drug-likeness (QED) is 0.594. The molecule has 0 saturated carbocycles. The number of nitrogens with one attached hydrogen (secondary N) is 1. The first kappa shape index (κ1) is 18.3. The molecular weight excluding hydrogens is 368 g/mol. The normalized spacial score (nSPS) is 12.9. The fraction of sp³-hybridized carbons (Fsp3) is 0.174. The van der Waals surface area contributed by atoms with Crippen LogP contribution in [-0.2, 0) is 13.0 Å². The predicted molar refractivity (Wildman–Crippen MR) is 116 cm³/mol. The fourth-order valence-electron chi connectivity index (χ4n) is 3.36. The van der Waals surface area contributed by atoms with Gasteiger partial charge in [0, 0.05) is 23.5 Å². The maximum atomic E-state index is 12.7. The second-order valence-electron chi connectivity index (χ2n) is 6.64. The highest BCUT2D eigenvalue weighted by molar-refractivity contribution is 7.10. The molecule has 2 aromatic carbocycles. The van der Waals surface area contributed by atoms with E-state index >= 15 is 0 Å². The molecule has 0 spiro atoms.